The van der Waals surface area contributed by atoms with Gasteiger partial charge < -0.3 is 20.9 Å². The summed E-state index contributed by atoms with van der Waals surface area (Å²) in [5, 5.41) is 13.6. The smallest absolute Gasteiger partial charge is 0.264 e. The molecule has 1 unspecified atom stereocenters. The molecule has 1 aromatic rings. The standard InChI is InChI=1S/C26H33FN4O3S/c1-3-34-23-14-20(28)17(15-29-19-9-11-26(33,12-10-19)18-7-8-18)13-22(23)30-25(32)24-6-4-5-21(16(2)27)31-35-24/h4-6,13-16,18-19,33H,3,7-12,28H2,1-2H3,(H,30,32). The lowest BCUT2D eigenvalue weighted by molar-refractivity contribution is -0.112. The lowest BCUT2D eigenvalue weighted by atomic mass is 9.79. The molecule has 0 radical (unpaired) electrons. The third kappa shape index (κ3) is 6.32. The molecule has 1 aromatic carbocycles. The average Bonchev–Trinajstić information content (AvgIpc) is 3.68. The molecular weight excluding hydrogens is 467 g/mol. The van der Waals surface area contributed by atoms with Gasteiger partial charge in [0, 0.05) is 35.5 Å². The van der Waals surface area contributed by atoms with E-state index in [2.05, 4.69) is 9.71 Å². The average molecular weight is 501 g/mol. The molecule has 0 saturated heterocycles. The van der Waals surface area contributed by atoms with Crippen LogP contribution in [-0.2, 0) is 4.79 Å². The van der Waals surface area contributed by atoms with Gasteiger partial charge >= 0.3 is 0 Å². The summed E-state index contributed by atoms with van der Waals surface area (Å²) in [7, 11) is 0. The molecule has 3 aliphatic rings. The van der Waals surface area contributed by atoms with E-state index in [9.17, 15) is 14.3 Å². The Labute approximate surface area is 210 Å². The highest BCUT2D eigenvalue weighted by Gasteiger charge is 2.45. The van der Waals surface area contributed by atoms with Crippen LogP contribution in [0.15, 0.2) is 44.7 Å². The van der Waals surface area contributed by atoms with Crippen molar-refractivity contribution in [2.75, 3.05) is 17.7 Å². The number of hydrogen-bond acceptors (Lipinski definition) is 7. The number of nitrogen functional groups attached to an aromatic ring is 1. The van der Waals surface area contributed by atoms with Crippen molar-refractivity contribution in [3.8, 4) is 5.75 Å². The van der Waals surface area contributed by atoms with Gasteiger partial charge in [0.15, 0.2) is 0 Å². The van der Waals surface area contributed by atoms with Gasteiger partial charge in [-0.3, -0.25) is 9.79 Å². The summed E-state index contributed by atoms with van der Waals surface area (Å²) in [6.07, 6.45) is 10.8. The van der Waals surface area contributed by atoms with Crippen molar-refractivity contribution in [2.45, 2.75) is 70.2 Å². The Hall–Kier alpha value is -2.65. The number of rotatable bonds is 8. The maximum Gasteiger partial charge on any atom is 0.264 e. The molecule has 188 valence electrons. The number of anilines is 2. The fourth-order valence-corrected chi connectivity index (χ4v) is 5.15. The molecule has 0 spiro atoms. The first-order valence-electron chi connectivity index (χ1n) is 12.2. The van der Waals surface area contributed by atoms with Crippen LogP contribution in [0.4, 0.5) is 15.8 Å². The van der Waals surface area contributed by atoms with Gasteiger partial charge in [0.25, 0.3) is 5.91 Å². The van der Waals surface area contributed by atoms with E-state index >= 15 is 0 Å². The molecule has 9 heteroatoms. The predicted octanol–water partition coefficient (Wildman–Crippen LogP) is 5.01. The SMILES string of the molecule is CCOc1cc(N)c(C=NC2CCC(O)(C3CC3)CC2)cc1NC(=O)C1=CC=CC(C(C)F)=NS1. The van der Waals surface area contributed by atoms with Crippen LogP contribution in [0.25, 0.3) is 0 Å². The number of hydrogen-bond donors (Lipinski definition) is 3. The van der Waals surface area contributed by atoms with E-state index in [0.29, 0.717) is 40.1 Å². The van der Waals surface area contributed by atoms with Crippen molar-refractivity contribution < 1.29 is 19.0 Å². The number of alkyl halides is 1. The van der Waals surface area contributed by atoms with Gasteiger partial charge in [0.1, 0.15) is 11.9 Å². The van der Waals surface area contributed by atoms with E-state index in [1.54, 1.807) is 36.6 Å². The summed E-state index contributed by atoms with van der Waals surface area (Å²) in [5.41, 5.74) is 7.68. The van der Waals surface area contributed by atoms with Gasteiger partial charge in [-0.2, -0.15) is 0 Å². The maximum absolute atomic E-state index is 13.6. The Morgan fingerprint density at radius 1 is 1.40 bits per heavy atom. The van der Waals surface area contributed by atoms with Crippen molar-refractivity contribution in [2.24, 2.45) is 15.3 Å². The van der Waals surface area contributed by atoms with Crippen LogP contribution in [0.2, 0.25) is 0 Å². The summed E-state index contributed by atoms with van der Waals surface area (Å²) in [5.74, 6) is 0.547. The van der Waals surface area contributed by atoms with Gasteiger partial charge in [-0.25, -0.2) is 8.79 Å². The van der Waals surface area contributed by atoms with Crippen LogP contribution in [0.5, 0.6) is 5.75 Å². The van der Waals surface area contributed by atoms with Gasteiger partial charge in [0.2, 0.25) is 0 Å². The first-order chi connectivity index (χ1) is 16.8. The highest BCUT2D eigenvalue weighted by Crippen LogP contribution is 2.47. The second-order valence-corrected chi connectivity index (χ2v) is 10.2. The summed E-state index contributed by atoms with van der Waals surface area (Å²) in [6.45, 7) is 3.66. The zero-order valence-electron chi connectivity index (χ0n) is 20.2. The third-order valence-corrected chi connectivity index (χ3v) is 7.53. The van der Waals surface area contributed by atoms with E-state index in [1.165, 1.54) is 6.92 Å². The maximum atomic E-state index is 13.6. The Morgan fingerprint density at radius 2 is 2.14 bits per heavy atom. The molecule has 35 heavy (non-hydrogen) atoms. The van der Waals surface area contributed by atoms with Crippen LogP contribution < -0.4 is 15.8 Å². The Kier molecular flexibility index (Phi) is 7.96. The van der Waals surface area contributed by atoms with Gasteiger partial charge in [-0.05, 0) is 76.5 Å². The molecule has 4 rings (SSSR count). The number of nitrogens with two attached hydrogens (primary N) is 1. The number of halogens is 1. The summed E-state index contributed by atoms with van der Waals surface area (Å²) >= 11 is 0.932. The number of allylic oxidation sites excluding steroid dienone is 3. The molecule has 1 aliphatic heterocycles. The number of ether oxygens (including phenoxy) is 1. The van der Waals surface area contributed by atoms with Crippen LogP contribution in [0.1, 0.15) is 57.9 Å². The van der Waals surface area contributed by atoms with Crippen LogP contribution >= 0.6 is 11.9 Å². The highest BCUT2D eigenvalue weighted by atomic mass is 32.2. The number of nitrogens with zero attached hydrogens (tertiary/aromatic N) is 2. The van der Waals surface area contributed by atoms with Gasteiger partial charge in [-0.1, -0.05) is 6.08 Å². The number of nitrogens with one attached hydrogen (secondary N) is 1. The first-order valence-corrected chi connectivity index (χ1v) is 13.0. The van der Waals surface area contributed by atoms with Crippen molar-refractivity contribution in [3.05, 3.63) is 40.8 Å². The van der Waals surface area contributed by atoms with Gasteiger partial charge in [0.05, 0.1) is 34.6 Å². The number of aliphatic imine (C=N–C) groups is 1. The van der Waals surface area contributed by atoms with E-state index in [1.807, 2.05) is 6.92 Å². The monoisotopic (exact) mass is 500 g/mol. The molecule has 7 nitrogen and oxygen atoms in total. The number of carbonyl (C=O) groups excluding carboxylic acids is 1. The van der Waals surface area contributed by atoms with E-state index in [0.717, 1.165) is 50.5 Å². The van der Waals surface area contributed by atoms with Crippen molar-refractivity contribution >= 4 is 41.2 Å². The largest absolute Gasteiger partial charge is 0.492 e. The molecule has 0 bridgehead atoms. The third-order valence-electron chi connectivity index (χ3n) is 6.71. The molecule has 0 aromatic heterocycles. The summed E-state index contributed by atoms with van der Waals surface area (Å²) in [4.78, 5) is 18.0. The van der Waals surface area contributed by atoms with Gasteiger partial charge in [-0.15, -0.1) is 0 Å². The molecule has 2 aliphatic carbocycles. The quantitative estimate of drug-likeness (QED) is 0.264. The molecule has 1 heterocycles. The number of carbonyl (C=O) groups is 1. The lowest BCUT2D eigenvalue weighted by Gasteiger charge is -2.35. The molecule has 4 N–H and O–H groups in total. The minimum atomic E-state index is -1.22. The second kappa shape index (κ2) is 11.0. The predicted molar refractivity (Wildman–Crippen MR) is 141 cm³/mol. The summed E-state index contributed by atoms with van der Waals surface area (Å²) < 4.78 is 23.4. The van der Waals surface area contributed by atoms with Crippen molar-refractivity contribution in [1.29, 1.82) is 0 Å². The highest BCUT2D eigenvalue weighted by molar-refractivity contribution is 8.03. The Bertz CT molecular complexity index is 1070. The zero-order valence-corrected chi connectivity index (χ0v) is 21.0. The van der Waals surface area contributed by atoms with Crippen molar-refractivity contribution in [1.82, 2.24) is 0 Å². The topological polar surface area (TPSA) is 109 Å². The minimum Gasteiger partial charge on any atom is -0.492 e. The second-order valence-electron chi connectivity index (χ2n) is 9.37. The Balaban J connectivity index is 1.47. The fraction of sp³-hybridized carbons (Fsp3) is 0.500. The van der Waals surface area contributed by atoms with Crippen LogP contribution in [0.3, 0.4) is 0 Å². The fourth-order valence-electron chi connectivity index (χ4n) is 4.47. The van der Waals surface area contributed by atoms with E-state index < -0.39 is 11.8 Å². The molecule has 2 fully saturated rings. The lowest BCUT2D eigenvalue weighted by Crippen LogP contribution is -2.37. The molecular formula is C26H33FN4O3S. The molecule has 2 saturated carbocycles. The van der Waals surface area contributed by atoms with Crippen LogP contribution in [-0.4, -0.2) is 47.4 Å². The van der Waals surface area contributed by atoms with E-state index in [4.69, 9.17) is 15.5 Å². The minimum absolute atomic E-state index is 0.141. The Morgan fingerprint density at radius 3 is 2.80 bits per heavy atom. The zero-order chi connectivity index (χ0) is 25.0. The number of benzene rings is 1. The number of aliphatic hydroxyl groups is 1. The van der Waals surface area contributed by atoms with Crippen molar-refractivity contribution in [3.63, 3.8) is 0 Å². The normalized spacial score (nSPS) is 25.5. The first kappa shape index (κ1) is 25.4. The summed E-state index contributed by atoms with van der Waals surface area (Å²) in [6, 6.07) is 3.58. The molecule has 1 amide bonds. The number of amides is 1. The van der Waals surface area contributed by atoms with E-state index in [-0.39, 0.29) is 17.7 Å². The molecule has 1 atom stereocenters. The van der Waals surface area contributed by atoms with Crippen LogP contribution in [0, 0.1) is 5.92 Å².